The highest BCUT2D eigenvalue weighted by atomic mass is 16.6. The van der Waals surface area contributed by atoms with Crippen molar-refractivity contribution in [3.63, 3.8) is 0 Å². The third kappa shape index (κ3) is 4.75. The maximum Gasteiger partial charge on any atom is 0.410 e. The maximum absolute atomic E-state index is 12.2. The van der Waals surface area contributed by atoms with E-state index in [2.05, 4.69) is 20.4 Å². The highest BCUT2D eigenvalue weighted by Crippen LogP contribution is 2.25. The Balaban J connectivity index is 1.53. The average molecular weight is 363 g/mol. The summed E-state index contributed by atoms with van der Waals surface area (Å²) in [7, 11) is 0. The van der Waals surface area contributed by atoms with E-state index in [0.717, 1.165) is 30.9 Å². The zero-order valence-electron chi connectivity index (χ0n) is 15.9. The molecule has 0 aliphatic carbocycles. The van der Waals surface area contributed by atoms with Gasteiger partial charge in [0, 0.05) is 25.1 Å². The molecule has 0 saturated carbocycles. The van der Waals surface area contributed by atoms with Gasteiger partial charge in [-0.2, -0.15) is 5.10 Å². The van der Waals surface area contributed by atoms with Crippen LogP contribution in [0, 0.1) is 0 Å². The monoisotopic (exact) mass is 363 g/mol. The molecule has 3 heterocycles. The molecule has 3 rings (SSSR count). The lowest BCUT2D eigenvalue weighted by molar-refractivity contribution is -0.116. The zero-order chi connectivity index (χ0) is 18.7. The minimum absolute atomic E-state index is 0.0132. The molecule has 1 fully saturated rings. The van der Waals surface area contributed by atoms with Crippen LogP contribution in [-0.2, 0) is 22.5 Å². The number of hydrogen-bond donors (Lipinski definition) is 2. The Hall–Kier alpha value is -2.09. The molecule has 0 unspecified atom stereocenters. The van der Waals surface area contributed by atoms with Crippen molar-refractivity contribution in [3.05, 3.63) is 11.3 Å². The molecule has 8 nitrogen and oxygen atoms in total. The molecule has 26 heavy (non-hydrogen) atoms. The lowest BCUT2D eigenvalue weighted by Crippen LogP contribution is -2.40. The van der Waals surface area contributed by atoms with Crippen molar-refractivity contribution in [2.45, 2.75) is 58.6 Å². The van der Waals surface area contributed by atoms with Gasteiger partial charge in [-0.05, 0) is 53.1 Å². The van der Waals surface area contributed by atoms with Gasteiger partial charge in [0.2, 0.25) is 5.91 Å². The number of carbonyl (C=O) groups is 2. The van der Waals surface area contributed by atoms with E-state index < -0.39 is 5.60 Å². The summed E-state index contributed by atoms with van der Waals surface area (Å²) in [6.45, 7) is 9.51. The van der Waals surface area contributed by atoms with E-state index in [1.54, 1.807) is 4.90 Å². The van der Waals surface area contributed by atoms with Crippen LogP contribution in [0.2, 0.25) is 0 Å². The normalized spacial score (nSPS) is 17.9. The quantitative estimate of drug-likeness (QED) is 0.855. The molecule has 0 spiro atoms. The number of hydrogen-bond acceptors (Lipinski definition) is 5. The molecule has 0 bridgehead atoms. The molecule has 1 aromatic rings. The van der Waals surface area contributed by atoms with Gasteiger partial charge in [-0.15, -0.1) is 0 Å². The fourth-order valence-electron chi connectivity index (χ4n) is 3.36. The molecule has 2 aliphatic rings. The fraction of sp³-hybridized carbons (Fsp3) is 0.722. The minimum Gasteiger partial charge on any atom is -0.444 e. The van der Waals surface area contributed by atoms with Gasteiger partial charge < -0.3 is 19.9 Å². The van der Waals surface area contributed by atoms with Gasteiger partial charge in [0.1, 0.15) is 5.60 Å². The largest absolute Gasteiger partial charge is 0.444 e. The first-order chi connectivity index (χ1) is 12.3. The van der Waals surface area contributed by atoms with Gasteiger partial charge in [0.05, 0.1) is 12.2 Å². The number of fused-ring (bicyclic) bond motifs is 1. The highest BCUT2D eigenvalue weighted by Gasteiger charge is 2.28. The second-order valence-corrected chi connectivity index (χ2v) is 8.03. The SMILES string of the molecule is CC(C)(C)OC(=O)N1CCc2c(NC(=O)CCN3CCCC3)n[nH]c2C1. The third-order valence-electron chi connectivity index (χ3n) is 4.70. The molecule has 8 heteroatoms. The number of amides is 2. The minimum atomic E-state index is -0.514. The van der Waals surface area contributed by atoms with E-state index in [-0.39, 0.29) is 12.0 Å². The molecule has 2 N–H and O–H groups in total. The number of rotatable bonds is 4. The Bertz CT molecular complexity index is 658. The zero-order valence-corrected chi connectivity index (χ0v) is 15.9. The molecule has 2 amide bonds. The van der Waals surface area contributed by atoms with Gasteiger partial charge in [0.25, 0.3) is 0 Å². The Labute approximate surface area is 154 Å². The first-order valence-electron chi connectivity index (χ1n) is 9.38. The number of H-pyrrole nitrogens is 1. The maximum atomic E-state index is 12.2. The molecule has 0 atom stereocenters. The van der Waals surface area contributed by atoms with Crippen LogP contribution in [0.5, 0.6) is 0 Å². The van der Waals surface area contributed by atoms with E-state index in [1.807, 2.05) is 20.8 Å². The van der Waals surface area contributed by atoms with Crippen LogP contribution in [0.3, 0.4) is 0 Å². The predicted molar refractivity (Wildman–Crippen MR) is 97.9 cm³/mol. The standard InChI is InChI=1S/C18H29N5O3/c1-18(2,3)26-17(25)23-11-6-13-14(12-23)20-21-16(13)19-15(24)7-10-22-8-4-5-9-22/h4-12H2,1-3H3,(H2,19,20,21,24). The van der Waals surface area contributed by atoms with Crippen molar-refractivity contribution in [2.24, 2.45) is 0 Å². The van der Waals surface area contributed by atoms with Crippen molar-refractivity contribution in [1.29, 1.82) is 0 Å². The van der Waals surface area contributed by atoms with Crippen molar-refractivity contribution in [2.75, 3.05) is 31.5 Å². The average Bonchev–Trinajstić information content (AvgIpc) is 3.21. The molecule has 144 valence electrons. The smallest absolute Gasteiger partial charge is 0.410 e. The van der Waals surface area contributed by atoms with Gasteiger partial charge in [0.15, 0.2) is 5.82 Å². The fourth-order valence-corrected chi connectivity index (χ4v) is 3.36. The molecule has 1 saturated heterocycles. The van der Waals surface area contributed by atoms with Crippen LogP contribution >= 0.6 is 0 Å². The number of carbonyl (C=O) groups excluding carboxylic acids is 2. The van der Waals surface area contributed by atoms with E-state index in [0.29, 0.717) is 31.7 Å². The summed E-state index contributed by atoms with van der Waals surface area (Å²) >= 11 is 0. The van der Waals surface area contributed by atoms with E-state index in [1.165, 1.54) is 12.8 Å². The van der Waals surface area contributed by atoms with Gasteiger partial charge in [-0.3, -0.25) is 9.89 Å². The Morgan fingerprint density at radius 3 is 2.65 bits per heavy atom. The predicted octanol–water partition coefficient (Wildman–Crippen LogP) is 2.13. The molecule has 1 aromatic heterocycles. The van der Waals surface area contributed by atoms with Crippen LogP contribution in [0.1, 0.15) is 51.3 Å². The number of likely N-dealkylation sites (tertiary alicyclic amines) is 1. The Morgan fingerprint density at radius 2 is 1.96 bits per heavy atom. The molecule has 0 radical (unpaired) electrons. The summed E-state index contributed by atoms with van der Waals surface area (Å²) in [5.41, 5.74) is 1.33. The molecule has 2 aliphatic heterocycles. The summed E-state index contributed by atoms with van der Waals surface area (Å²) in [6, 6.07) is 0. The topological polar surface area (TPSA) is 90.6 Å². The number of nitrogens with one attached hydrogen (secondary N) is 2. The van der Waals surface area contributed by atoms with Crippen LogP contribution in [0.15, 0.2) is 0 Å². The summed E-state index contributed by atoms with van der Waals surface area (Å²) in [6.07, 6.45) is 3.25. The lowest BCUT2D eigenvalue weighted by Gasteiger charge is -2.29. The lowest BCUT2D eigenvalue weighted by atomic mass is 10.1. The molecular formula is C18H29N5O3. The first kappa shape index (κ1) is 18.7. The number of aromatic nitrogens is 2. The molecular weight excluding hydrogens is 334 g/mol. The third-order valence-corrected chi connectivity index (χ3v) is 4.70. The van der Waals surface area contributed by atoms with Gasteiger partial charge in [-0.1, -0.05) is 0 Å². The molecule has 0 aromatic carbocycles. The Kier molecular flexibility index (Phi) is 5.50. The van der Waals surface area contributed by atoms with Crippen LogP contribution in [0.4, 0.5) is 10.6 Å². The van der Waals surface area contributed by atoms with E-state index in [9.17, 15) is 9.59 Å². The summed E-state index contributed by atoms with van der Waals surface area (Å²) in [5, 5.41) is 10.1. The second-order valence-electron chi connectivity index (χ2n) is 8.03. The van der Waals surface area contributed by atoms with Crippen LogP contribution in [-0.4, -0.2) is 63.8 Å². The van der Waals surface area contributed by atoms with Gasteiger partial charge >= 0.3 is 6.09 Å². The summed E-state index contributed by atoms with van der Waals surface area (Å²) < 4.78 is 5.42. The second kappa shape index (κ2) is 7.65. The van der Waals surface area contributed by atoms with Gasteiger partial charge in [-0.25, -0.2) is 4.79 Å². The Morgan fingerprint density at radius 1 is 1.23 bits per heavy atom. The van der Waals surface area contributed by atoms with Crippen molar-refractivity contribution in [3.8, 4) is 0 Å². The van der Waals surface area contributed by atoms with E-state index in [4.69, 9.17) is 4.74 Å². The first-order valence-corrected chi connectivity index (χ1v) is 9.38. The van der Waals surface area contributed by atoms with Crippen LogP contribution in [0.25, 0.3) is 0 Å². The summed E-state index contributed by atoms with van der Waals surface area (Å²) in [5.74, 6) is 0.580. The van der Waals surface area contributed by atoms with E-state index >= 15 is 0 Å². The van der Waals surface area contributed by atoms with Crippen LogP contribution < -0.4 is 5.32 Å². The van der Waals surface area contributed by atoms with Crippen molar-refractivity contribution in [1.82, 2.24) is 20.0 Å². The number of anilines is 1. The number of aromatic amines is 1. The number of nitrogens with zero attached hydrogens (tertiary/aromatic N) is 3. The highest BCUT2D eigenvalue weighted by molar-refractivity contribution is 5.90. The number of ether oxygens (including phenoxy) is 1. The summed E-state index contributed by atoms with van der Waals surface area (Å²) in [4.78, 5) is 28.4. The van der Waals surface area contributed by atoms with Crippen molar-refractivity contribution >= 4 is 17.8 Å². The van der Waals surface area contributed by atoms with Crippen molar-refractivity contribution < 1.29 is 14.3 Å².